The monoisotopic (exact) mass is 298 g/mol. The van der Waals surface area contributed by atoms with Crippen molar-refractivity contribution in [3.63, 3.8) is 0 Å². The second-order valence-corrected chi connectivity index (χ2v) is 4.45. The van der Waals surface area contributed by atoms with Gasteiger partial charge in [0.05, 0.1) is 6.10 Å². The van der Waals surface area contributed by atoms with E-state index in [4.69, 9.17) is 9.47 Å². The molecular formula is C12H15BF3KO2. The summed E-state index contributed by atoms with van der Waals surface area (Å²) in [5, 5.41) is 0. The summed E-state index contributed by atoms with van der Waals surface area (Å²) in [6.45, 7) is -3.95. The number of benzene rings is 1. The quantitative estimate of drug-likeness (QED) is 0.710. The molecule has 0 spiro atoms. The Labute approximate surface area is 153 Å². The molecule has 1 fully saturated rings. The molecule has 2 nitrogen and oxygen atoms in total. The second kappa shape index (κ2) is 8.05. The Morgan fingerprint density at radius 1 is 1.26 bits per heavy atom. The third-order valence-electron chi connectivity index (χ3n) is 2.95. The van der Waals surface area contributed by atoms with Gasteiger partial charge in [0.2, 0.25) is 0 Å². The number of ether oxygens (including phenoxy) is 2. The van der Waals surface area contributed by atoms with Crippen molar-refractivity contribution in [1.29, 1.82) is 0 Å². The Bertz CT molecular complexity index is 395. The molecule has 1 aromatic rings. The van der Waals surface area contributed by atoms with E-state index < -0.39 is 12.4 Å². The summed E-state index contributed by atoms with van der Waals surface area (Å²) in [7, 11) is 0. The van der Waals surface area contributed by atoms with E-state index in [0.717, 1.165) is 31.4 Å². The standard InChI is InChI=1S/C12H15BF3O2.K/c14-13(15,16)10-4-3-6-11(8-10)18-9-12-5-1-2-7-17-12;/h3-4,6,8,12H,1-2,5,7,9H2;/q-1;+1. The van der Waals surface area contributed by atoms with E-state index in [1.54, 1.807) is 0 Å². The Hall–Kier alpha value is 0.471. The average molecular weight is 298 g/mol. The first-order chi connectivity index (χ1) is 8.55. The van der Waals surface area contributed by atoms with Gasteiger partial charge in [-0.25, -0.2) is 0 Å². The molecule has 0 radical (unpaired) electrons. The number of hydrogen-bond acceptors (Lipinski definition) is 2. The van der Waals surface area contributed by atoms with Gasteiger partial charge < -0.3 is 22.4 Å². The summed E-state index contributed by atoms with van der Waals surface area (Å²) in [6.07, 6.45) is 3.03. The number of halogens is 3. The van der Waals surface area contributed by atoms with Crippen LogP contribution in [-0.2, 0) is 4.74 Å². The van der Waals surface area contributed by atoms with E-state index >= 15 is 0 Å². The molecule has 0 saturated carbocycles. The molecule has 1 heterocycles. The van der Waals surface area contributed by atoms with Crippen molar-refractivity contribution in [3.8, 4) is 5.75 Å². The minimum Gasteiger partial charge on any atom is -0.491 e. The van der Waals surface area contributed by atoms with Crippen molar-refractivity contribution in [1.82, 2.24) is 0 Å². The third kappa shape index (κ3) is 5.77. The Morgan fingerprint density at radius 2 is 2.05 bits per heavy atom. The van der Waals surface area contributed by atoms with Gasteiger partial charge in [-0.1, -0.05) is 12.1 Å². The van der Waals surface area contributed by atoms with Crippen molar-refractivity contribution < 1.29 is 73.8 Å². The molecule has 0 amide bonds. The van der Waals surface area contributed by atoms with Crippen molar-refractivity contribution in [2.75, 3.05) is 13.2 Å². The maximum Gasteiger partial charge on any atom is 1.00 e. The van der Waals surface area contributed by atoms with E-state index in [1.165, 1.54) is 12.1 Å². The maximum atomic E-state index is 12.5. The summed E-state index contributed by atoms with van der Waals surface area (Å²) in [5.74, 6) is 0.251. The molecule has 19 heavy (non-hydrogen) atoms. The molecular weight excluding hydrogens is 283 g/mol. The molecule has 1 atom stereocenters. The topological polar surface area (TPSA) is 18.5 Å². The summed E-state index contributed by atoms with van der Waals surface area (Å²) >= 11 is 0. The van der Waals surface area contributed by atoms with E-state index in [1.807, 2.05) is 0 Å². The van der Waals surface area contributed by atoms with Gasteiger partial charge in [0.1, 0.15) is 12.4 Å². The molecule has 2 rings (SSSR count). The molecule has 0 N–H and O–H groups in total. The number of rotatable bonds is 4. The maximum absolute atomic E-state index is 12.5. The van der Waals surface area contributed by atoms with Crippen LogP contribution in [0.1, 0.15) is 19.3 Å². The fraction of sp³-hybridized carbons (Fsp3) is 0.500. The Balaban J connectivity index is 0.00000180. The normalized spacial score (nSPS) is 19.6. The molecule has 0 aliphatic carbocycles. The van der Waals surface area contributed by atoms with Crippen LogP contribution in [0.25, 0.3) is 0 Å². The number of hydrogen-bond donors (Lipinski definition) is 0. The Morgan fingerprint density at radius 3 is 2.68 bits per heavy atom. The summed E-state index contributed by atoms with van der Waals surface area (Å²) in [4.78, 5) is 0. The molecule has 0 bridgehead atoms. The molecule has 7 heteroatoms. The minimum absolute atomic E-state index is 0. The predicted octanol–water partition coefficient (Wildman–Crippen LogP) is -0.307. The van der Waals surface area contributed by atoms with Crippen LogP contribution in [-0.4, -0.2) is 26.3 Å². The fourth-order valence-corrected chi connectivity index (χ4v) is 1.94. The van der Waals surface area contributed by atoms with Crippen LogP contribution in [0.4, 0.5) is 12.9 Å². The molecule has 1 aromatic carbocycles. The van der Waals surface area contributed by atoms with Gasteiger partial charge >= 0.3 is 58.4 Å². The van der Waals surface area contributed by atoms with Crippen LogP contribution in [0.15, 0.2) is 24.3 Å². The average Bonchev–Trinajstić information content (AvgIpc) is 2.37. The van der Waals surface area contributed by atoms with Crippen molar-refractivity contribution in [2.45, 2.75) is 25.4 Å². The Kier molecular flexibility index (Phi) is 7.42. The first-order valence-corrected chi connectivity index (χ1v) is 6.10. The minimum atomic E-state index is -4.97. The van der Waals surface area contributed by atoms with Crippen LogP contribution < -0.4 is 61.6 Å². The molecule has 100 valence electrons. The van der Waals surface area contributed by atoms with E-state index in [0.29, 0.717) is 13.2 Å². The van der Waals surface area contributed by atoms with E-state index in [9.17, 15) is 12.9 Å². The summed E-state index contributed by atoms with van der Waals surface area (Å²) in [6, 6.07) is 5.00. The molecule has 1 saturated heterocycles. The SMILES string of the molecule is F[B-](F)(F)c1cccc(OCC2CCCCO2)c1.[K+]. The molecule has 1 aliphatic rings. The van der Waals surface area contributed by atoms with Gasteiger partial charge in [-0.05, 0) is 31.4 Å². The van der Waals surface area contributed by atoms with Crippen LogP contribution in [0.3, 0.4) is 0 Å². The van der Waals surface area contributed by atoms with Crippen molar-refractivity contribution in [3.05, 3.63) is 24.3 Å². The van der Waals surface area contributed by atoms with Crippen LogP contribution in [0, 0.1) is 0 Å². The van der Waals surface area contributed by atoms with Gasteiger partial charge in [0.15, 0.2) is 0 Å². The summed E-state index contributed by atoms with van der Waals surface area (Å²) < 4.78 is 48.5. The zero-order chi connectivity index (χ0) is 13.0. The van der Waals surface area contributed by atoms with Crippen LogP contribution >= 0.6 is 0 Å². The van der Waals surface area contributed by atoms with Crippen molar-refractivity contribution in [2.24, 2.45) is 0 Å². The van der Waals surface area contributed by atoms with Crippen LogP contribution in [0.5, 0.6) is 5.75 Å². The molecule has 1 aliphatic heterocycles. The first kappa shape index (κ1) is 17.5. The molecule has 1 unspecified atom stereocenters. The largest absolute Gasteiger partial charge is 1.00 e. The zero-order valence-corrected chi connectivity index (χ0v) is 14.1. The summed E-state index contributed by atoms with van der Waals surface area (Å²) in [5.41, 5.74) is -0.628. The second-order valence-electron chi connectivity index (χ2n) is 4.45. The van der Waals surface area contributed by atoms with E-state index in [2.05, 4.69) is 0 Å². The first-order valence-electron chi connectivity index (χ1n) is 6.10. The van der Waals surface area contributed by atoms with Gasteiger partial charge in [-0.15, -0.1) is 5.46 Å². The van der Waals surface area contributed by atoms with E-state index in [-0.39, 0.29) is 63.2 Å². The van der Waals surface area contributed by atoms with Crippen LogP contribution in [0.2, 0.25) is 0 Å². The third-order valence-corrected chi connectivity index (χ3v) is 2.95. The zero-order valence-electron chi connectivity index (χ0n) is 11.0. The van der Waals surface area contributed by atoms with Gasteiger partial charge in [0.25, 0.3) is 0 Å². The van der Waals surface area contributed by atoms with Gasteiger partial charge in [-0.3, -0.25) is 0 Å². The van der Waals surface area contributed by atoms with Crippen molar-refractivity contribution >= 4 is 12.4 Å². The van der Waals surface area contributed by atoms with Gasteiger partial charge in [0, 0.05) is 6.61 Å². The van der Waals surface area contributed by atoms with Gasteiger partial charge in [-0.2, -0.15) is 0 Å². The predicted molar refractivity (Wildman–Crippen MR) is 64.2 cm³/mol. The molecule has 0 aromatic heterocycles. The fourth-order valence-electron chi connectivity index (χ4n) is 1.94. The smallest absolute Gasteiger partial charge is 0.491 e.